The zero-order chi connectivity index (χ0) is 19.1. The molecule has 0 atom stereocenters. The van der Waals surface area contributed by atoms with Crippen LogP contribution in [0.2, 0.25) is 0 Å². The van der Waals surface area contributed by atoms with E-state index >= 15 is 0 Å². The summed E-state index contributed by atoms with van der Waals surface area (Å²) >= 11 is 0. The molecule has 0 aliphatic rings. The minimum absolute atomic E-state index is 0.233. The summed E-state index contributed by atoms with van der Waals surface area (Å²) in [4.78, 5) is 28.5. The van der Waals surface area contributed by atoms with Gasteiger partial charge < -0.3 is 15.4 Å². The lowest BCUT2D eigenvalue weighted by atomic mass is 10.1. The van der Waals surface area contributed by atoms with Crippen LogP contribution in [0.1, 0.15) is 27.6 Å². The first-order valence-electron chi connectivity index (χ1n) is 8.51. The topological polar surface area (TPSA) is 80.3 Å². The lowest BCUT2D eigenvalue weighted by Crippen LogP contribution is -2.13. The fraction of sp³-hybridized carbons (Fsp3) is 0.0952. The van der Waals surface area contributed by atoms with Crippen molar-refractivity contribution in [3.63, 3.8) is 0 Å². The molecule has 0 radical (unpaired) electrons. The normalized spacial score (nSPS) is 10.1. The van der Waals surface area contributed by atoms with Crippen molar-refractivity contribution in [2.24, 2.45) is 0 Å². The molecular weight excluding hydrogens is 342 g/mol. The van der Waals surface area contributed by atoms with Gasteiger partial charge in [0.05, 0.1) is 6.61 Å². The number of rotatable bonds is 6. The summed E-state index contributed by atoms with van der Waals surface area (Å²) in [7, 11) is 0. The molecule has 0 unspecified atom stereocenters. The number of pyridine rings is 1. The first-order valence-corrected chi connectivity index (χ1v) is 8.51. The second kappa shape index (κ2) is 8.62. The number of anilines is 2. The number of nitrogens with zero attached hydrogens (tertiary/aromatic N) is 1. The minimum Gasteiger partial charge on any atom is -0.494 e. The van der Waals surface area contributed by atoms with Crippen molar-refractivity contribution in [2.75, 3.05) is 17.2 Å². The Morgan fingerprint density at radius 3 is 2.15 bits per heavy atom. The van der Waals surface area contributed by atoms with Crippen molar-refractivity contribution < 1.29 is 14.3 Å². The van der Waals surface area contributed by atoms with Crippen molar-refractivity contribution in [1.29, 1.82) is 0 Å². The highest BCUT2D eigenvalue weighted by Crippen LogP contribution is 2.16. The van der Waals surface area contributed by atoms with Crippen molar-refractivity contribution in [3.05, 3.63) is 84.2 Å². The van der Waals surface area contributed by atoms with Gasteiger partial charge in [-0.3, -0.25) is 14.6 Å². The van der Waals surface area contributed by atoms with E-state index in [2.05, 4.69) is 15.6 Å². The molecule has 3 rings (SSSR count). The van der Waals surface area contributed by atoms with Crippen LogP contribution >= 0.6 is 0 Å². The fourth-order valence-electron chi connectivity index (χ4n) is 2.44. The van der Waals surface area contributed by atoms with Gasteiger partial charge >= 0.3 is 0 Å². The van der Waals surface area contributed by atoms with Gasteiger partial charge in [-0.05, 0) is 61.5 Å². The van der Waals surface area contributed by atoms with Crippen molar-refractivity contribution >= 4 is 23.2 Å². The monoisotopic (exact) mass is 361 g/mol. The SMILES string of the molecule is CCOc1cccc(C(=O)Nc2ccc(C(=O)Nc3ccncc3)cc2)c1. The van der Waals surface area contributed by atoms with Crippen LogP contribution in [-0.2, 0) is 0 Å². The van der Waals surface area contributed by atoms with Gasteiger partial charge in [0.25, 0.3) is 11.8 Å². The third-order valence-corrected chi connectivity index (χ3v) is 3.75. The summed E-state index contributed by atoms with van der Waals surface area (Å²) in [5, 5.41) is 5.59. The average Bonchev–Trinajstić information content (AvgIpc) is 2.70. The molecule has 27 heavy (non-hydrogen) atoms. The van der Waals surface area contributed by atoms with Crippen LogP contribution in [0, 0.1) is 0 Å². The van der Waals surface area contributed by atoms with Crippen LogP contribution in [0.3, 0.4) is 0 Å². The van der Waals surface area contributed by atoms with Crippen LogP contribution in [0.5, 0.6) is 5.75 Å². The molecule has 0 saturated heterocycles. The molecule has 3 aromatic rings. The molecule has 2 N–H and O–H groups in total. The number of amides is 2. The minimum atomic E-state index is -0.245. The number of hydrogen-bond donors (Lipinski definition) is 2. The Morgan fingerprint density at radius 1 is 0.852 bits per heavy atom. The first kappa shape index (κ1) is 18.1. The number of hydrogen-bond acceptors (Lipinski definition) is 4. The molecule has 2 amide bonds. The van der Waals surface area contributed by atoms with Crippen molar-refractivity contribution in [3.8, 4) is 5.75 Å². The molecular formula is C21H19N3O3. The van der Waals surface area contributed by atoms with E-state index in [1.807, 2.05) is 6.92 Å². The van der Waals surface area contributed by atoms with Crippen molar-refractivity contribution in [2.45, 2.75) is 6.92 Å². The molecule has 2 aromatic carbocycles. The van der Waals surface area contributed by atoms with Gasteiger partial charge in [0.2, 0.25) is 0 Å². The van der Waals surface area contributed by atoms with Gasteiger partial charge in [0.15, 0.2) is 0 Å². The predicted octanol–water partition coefficient (Wildman–Crippen LogP) is 3.98. The highest BCUT2D eigenvalue weighted by Gasteiger charge is 2.09. The lowest BCUT2D eigenvalue weighted by Gasteiger charge is -2.09. The second-order valence-corrected chi connectivity index (χ2v) is 5.68. The van der Waals surface area contributed by atoms with E-state index in [0.717, 1.165) is 0 Å². The summed E-state index contributed by atoms with van der Waals surface area (Å²) in [5.74, 6) is 0.169. The van der Waals surface area contributed by atoms with E-state index in [0.29, 0.717) is 34.9 Å². The van der Waals surface area contributed by atoms with Gasteiger partial charge in [-0.2, -0.15) is 0 Å². The maximum Gasteiger partial charge on any atom is 0.255 e. The Hall–Kier alpha value is -3.67. The standard InChI is InChI=1S/C21H19N3O3/c1-2-27-19-5-3-4-16(14-19)21(26)23-17-8-6-15(7-9-17)20(25)24-18-10-12-22-13-11-18/h3-14H,2H2,1H3,(H,23,26)(H,22,24,25). The van der Waals surface area contributed by atoms with Gasteiger partial charge in [-0.25, -0.2) is 0 Å². The zero-order valence-corrected chi connectivity index (χ0v) is 14.8. The second-order valence-electron chi connectivity index (χ2n) is 5.68. The number of nitrogens with one attached hydrogen (secondary N) is 2. The Labute approximate surface area is 157 Å². The molecule has 0 fully saturated rings. The molecule has 1 heterocycles. The highest BCUT2D eigenvalue weighted by atomic mass is 16.5. The third kappa shape index (κ3) is 4.92. The molecule has 0 aliphatic carbocycles. The van der Waals surface area contributed by atoms with Crippen LogP contribution < -0.4 is 15.4 Å². The Bertz CT molecular complexity index is 925. The van der Waals surface area contributed by atoms with Crippen molar-refractivity contribution in [1.82, 2.24) is 4.98 Å². The summed E-state index contributed by atoms with van der Waals surface area (Å²) < 4.78 is 5.41. The molecule has 0 spiro atoms. The summed E-state index contributed by atoms with van der Waals surface area (Å²) in [6.45, 7) is 2.42. The molecule has 1 aromatic heterocycles. The van der Waals surface area contributed by atoms with E-state index in [4.69, 9.17) is 4.74 Å². The molecule has 6 heteroatoms. The smallest absolute Gasteiger partial charge is 0.255 e. The van der Waals surface area contributed by atoms with Crippen LogP contribution in [0.15, 0.2) is 73.1 Å². The third-order valence-electron chi connectivity index (χ3n) is 3.75. The van der Waals surface area contributed by atoms with E-state index in [-0.39, 0.29) is 11.8 Å². The van der Waals surface area contributed by atoms with E-state index in [9.17, 15) is 9.59 Å². The van der Waals surface area contributed by atoms with E-state index in [1.165, 1.54) is 0 Å². The number of ether oxygens (including phenoxy) is 1. The molecule has 0 saturated carbocycles. The Morgan fingerprint density at radius 2 is 1.48 bits per heavy atom. The van der Waals surface area contributed by atoms with Crippen LogP contribution in [-0.4, -0.2) is 23.4 Å². The number of benzene rings is 2. The van der Waals surface area contributed by atoms with Gasteiger partial charge in [-0.1, -0.05) is 6.07 Å². The summed E-state index contributed by atoms with van der Waals surface area (Å²) in [6.07, 6.45) is 3.21. The lowest BCUT2D eigenvalue weighted by molar-refractivity contribution is 0.101. The zero-order valence-electron chi connectivity index (χ0n) is 14.8. The number of carbonyl (C=O) groups excluding carboxylic acids is 2. The molecule has 0 bridgehead atoms. The molecule has 136 valence electrons. The van der Waals surface area contributed by atoms with E-state index < -0.39 is 0 Å². The molecule has 6 nitrogen and oxygen atoms in total. The van der Waals surface area contributed by atoms with Crippen LogP contribution in [0.4, 0.5) is 11.4 Å². The number of aromatic nitrogens is 1. The number of carbonyl (C=O) groups is 2. The average molecular weight is 361 g/mol. The van der Waals surface area contributed by atoms with Gasteiger partial charge in [-0.15, -0.1) is 0 Å². The molecule has 0 aliphatic heterocycles. The largest absolute Gasteiger partial charge is 0.494 e. The summed E-state index contributed by atoms with van der Waals surface area (Å²) in [5.41, 5.74) is 2.26. The maximum atomic E-state index is 12.4. The predicted molar refractivity (Wildman–Crippen MR) is 104 cm³/mol. The fourth-order valence-corrected chi connectivity index (χ4v) is 2.44. The van der Waals surface area contributed by atoms with E-state index in [1.54, 1.807) is 73.1 Å². The first-order chi connectivity index (χ1) is 13.2. The highest BCUT2D eigenvalue weighted by molar-refractivity contribution is 6.06. The summed E-state index contributed by atoms with van der Waals surface area (Å²) in [6, 6.07) is 17.1. The Kier molecular flexibility index (Phi) is 5.79. The maximum absolute atomic E-state index is 12.4. The quantitative estimate of drug-likeness (QED) is 0.696. The van der Waals surface area contributed by atoms with Crippen LogP contribution in [0.25, 0.3) is 0 Å². The van der Waals surface area contributed by atoms with Gasteiger partial charge in [0, 0.05) is 34.9 Å². The Balaban J connectivity index is 1.64. The van der Waals surface area contributed by atoms with Gasteiger partial charge in [0.1, 0.15) is 5.75 Å².